The number of aromatic nitrogens is 3. The molecule has 0 saturated heterocycles. The first kappa shape index (κ1) is 13.1. The van der Waals surface area contributed by atoms with Gasteiger partial charge in [0.05, 0.1) is 17.9 Å². The second-order valence-electron chi connectivity index (χ2n) is 4.26. The Balaban J connectivity index is 2.81. The molecule has 1 atom stereocenters. The Kier molecular flexibility index (Phi) is 5.42. The highest BCUT2D eigenvalue weighted by atomic mass is 15.4. The summed E-state index contributed by atoms with van der Waals surface area (Å²) < 4.78 is 1.79. The van der Waals surface area contributed by atoms with Crippen LogP contribution in [0.5, 0.6) is 0 Å². The van der Waals surface area contributed by atoms with Gasteiger partial charge in [0.15, 0.2) is 0 Å². The minimum atomic E-state index is 0.153. The average molecular weight is 225 g/mol. The quantitative estimate of drug-likeness (QED) is 0.545. The maximum atomic E-state index is 5.68. The molecule has 1 aromatic rings. The molecule has 5 nitrogen and oxygen atoms in total. The van der Waals surface area contributed by atoms with Crippen molar-refractivity contribution in [2.75, 3.05) is 0 Å². The van der Waals surface area contributed by atoms with Crippen molar-refractivity contribution in [3.63, 3.8) is 0 Å². The van der Waals surface area contributed by atoms with Crippen LogP contribution in [0, 0.1) is 5.92 Å². The van der Waals surface area contributed by atoms with Gasteiger partial charge in [0, 0.05) is 7.05 Å². The van der Waals surface area contributed by atoms with E-state index in [2.05, 4.69) is 29.6 Å². The number of nitrogens with one attached hydrogen (secondary N) is 1. The van der Waals surface area contributed by atoms with Crippen LogP contribution in [0.15, 0.2) is 6.20 Å². The van der Waals surface area contributed by atoms with E-state index in [-0.39, 0.29) is 6.04 Å². The van der Waals surface area contributed by atoms with Gasteiger partial charge in [-0.15, -0.1) is 5.10 Å². The minimum Gasteiger partial charge on any atom is -0.271 e. The van der Waals surface area contributed by atoms with Crippen LogP contribution in [0.25, 0.3) is 0 Å². The lowest BCUT2D eigenvalue weighted by atomic mass is 9.89. The van der Waals surface area contributed by atoms with Crippen molar-refractivity contribution in [1.82, 2.24) is 20.4 Å². The molecular weight excluding hydrogens is 202 g/mol. The molecule has 0 amide bonds. The van der Waals surface area contributed by atoms with Gasteiger partial charge in [-0.3, -0.25) is 16.0 Å². The van der Waals surface area contributed by atoms with E-state index < -0.39 is 0 Å². The van der Waals surface area contributed by atoms with Crippen LogP contribution >= 0.6 is 0 Å². The van der Waals surface area contributed by atoms with Gasteiger partial charge >= 0.3 is 0 Å². The first-order valence-corrected chi connectivity index (χ1v) is 6.05. The van der Waals surface area contributed by atoms with Crippen LogP contribution in [0.2, 0.25) is 0 Å². The first-order chi connectivity index (χ1) is 7.74. The summed E-state index contributed by atoms with van der Waals surface area (Å²) in [6.45, 7) is 4.41. The molecule has 0 radical (unpaired) electrons. The fraction of sp³-hybridized carbons (Fsp3) is 0.818. The molecule has 1 aromatic heterocycles. The number of hydrogen-bond acceptors (Lipinski definition) is 4. The summed E-state index contributed by atoms with van der Waals surface area (Å²) in [4.78, 5) is 0. The Hall–Kier alpha value is -0.940. The number of hydrazine groups is 1. The summed E-state index contributed by atoms with van der Waals surface area (Å²) in [5.41, 5.74) is 3.98. The van der Waals surface area contributed by atoms with Gasteiger partial charge in [-0.05, 0) is 18.8 Å². The fourth-order valence-corrected chi connectivity index (χ4v) is 2.26. The molecule has 5 heteroatoms. The van der Waals surface area contributed by atoms with Gasteiger partial charge in [-0.25, -0.2) is 0 Å². The Labute approximate surface area is 97.4 Å². The van der Waals surface area contributed by atoms with Crippen LogP contribution in [-0.2, 0) is 7.05 Å². The van der Waals surface area contributed by atoms with Crippen molar-refractivity contribution in [2.24, 2.45) is 18.8 Å². The molecule has 0 aromatic carbocycles. The summed E-state index contributed by atoms with van der Waals surface area (Å²) in [5, 5.41) is 7.87. The topological polar surface area (TPSA) is 68.8 Å². The van der Waals surface area contributed by atoms with Gasteiger partial charge in [0.25, 0.3) is 0 Å². The second-order valence-corrected chi connectivity index (χ2v) is 4.26. The summed E-state index contributed by atoms with van der Waals surface area (Å²) >= 11 is 0. The maximum Gasteiger partial charge on any atom is 0.0769 e. The van der Waals surface area contributed by atoms with Crippen molar-refractivity contribution < 1.29 is 0 Å². The molecule has 16 heavy (non-hydrogen) atoms. The van der Waals surface area contributed by atoms with Gasteiger partial charge < -0.3 is 0 Å². The normalized spacial score (nSPS) is 13.3. The van der Waals surface area contributed by atoms with E-state index in [0.717, 1.165) is 5.69 Å². The van der Waals surface area contributed by atoms with Gasteiger partial charge in [-0.2, -0.15) is 0 Å². The van der Waals surface area contributed by atoms with Crippen molar-refractivity contribution in [2.45, 2.75) is 45.6 Å². The molecular formula is C11H23N5. The first-order valence-electron chi connectivity index (χ1n) is 6.05. The van der Waals surface area contributed by atoms with Crippen molar-refractivity contribution in [3.05, 3.63) is 11.9 Å². The molecule has 0 spiro atoms. The molecule has 0 aliphatic carbocycles. The Morgan fingerprint density at radius 3 is 2.38 bits per heavy atom. The third-order valence-electron chi connectivity index (χ3n) is 3.04. The lowest BCUT2D eigenvalue weighted by Crippen LogP contribution is -2.35. The highest BCUT2D eigenvalue weighted by molar-refractivity contribution is 5.03. The van der Waals surface area contributed by atoms with Gasteiger partial charge in [0.1, 0.15) is 0 Å². The van der Waals surface area contributed by atoms with Crippen LogP contribution in [-0.4, -0.2) is 15.0 Å². The van der Waals surface area contributed by atoms with Gasteiger partial charge in [0.2, 0.25) is 0 Å². The number of aryl methyl sites for hydroxylation is 1. The zero-order chi connectivity index (χ0) is 12.0. The van der Waals surface area contributed by atoms with E-state index in [1.807, 2.05) is 7.05 Å². The van der Waals surface area contributed by atoms with E-state index in [9.17, 15) is 0 Å². The SMILES string of the molecule is CCCC(CCC)C(NN)c1cnnn1C. The van der Waals surface area contributed by atoms with E-state index >= 15 is 0 Å². The Bertz CT molecular complexity index is 290. The molecule has 0 bridgehead atoms. The Morgan fingerprint density at radius 1 is 1.38 bits per heavy atom. The monoisotopic (exact) mass is 225 g/mol. The largest absolute Gasteiger partial charge is 0.271 e. The smallest absolute Gasteiger partial charge is 0.0769 e. The zero-order valence-electron chi connectivity index (χ0n) is 10.5. The average Bonchev–Trinajstić information content (AvgIpc) is 2.67. The van der Waals surface area contributed by atoms with Crippen LogP contribution in [0.3, 0.4) is 0 Å². The molecule has 0 aliphatic rings. The molecule has 1 heterocycles. The highest BCUT2D eigenvalue weighted by Crippen LogP contribution is 2.28. The molecule has 0 aliphatic heterocycles. The van der Waals surface area contributed by atoms with E-state index in [1.54, 1.807) is 10.9 Å². The van der Waals surface area contributed by atoms with Crippen LogP contribution in [0.4, 0.5) is 0 Å². The minimum absolute atomic E-state index is 0.153. The van der Waals surface area contributed by atoms with Crippen molar-refractivity contribution >= 4 is 0 Å². The van der Waals surface area contributed by atoms with E-state index in [4.69, 9.17) is 5.84 Å². The Morgan fingerprint density at radius 2 is 2.00 bits per heavy atom. The van der Waals surface area contributed by atoms with Crippen LogP contribution < -0.4 is 11.3 Å². The summed E-state index contributed by atoms with van der Waals surface area (Å²) in [6, 6.07) is 0.153. The number of hydrogen-bond donors (Lipinski definition) is 2. The number of nitrogens with two attached hydrogens (primary N) is 1. The van der Waals surface area contributed by atoms with Crippen molar-refractivity contribution in [1.29, 1.82) is 0 Å². The lowest BCUT2D eigenvalue weighted by molar-refractivity contribution is 0.306. The summed E-state index contributed by atoms with van der Waals surface area (Å²) in [6.07, 6.45) is 6.49. The highest BCUT2D eigenvalue weighted by Gasteiger charge is 2.23. The standard InChI is InChI=1S/C11H23N5/c1-4-6-9(7-5-2)11(14-12)10-8-13-15-16(10)3/h8-9,11,14H,4-7,12H2,1-3H3. The molecule has 3 N–H and O–H groups in total. The van der Waals surface area contributed by atoms with Gasteiger partial charge in [-0.1, -0.05) is 31.9 Å². The molecule has 0 fully saturated rings. The second kappa shape index (κ2) is 6.60. The van der Waals surface area contributed by atoms with Crippen LogP contribution in [0.1, 0.15) is 51.3 Å². The predicted octanol–water partition coefficient (Wildman–Crippen LogP) is 1.54. The number of rotatable bonds is 7. The maximum absolute atomic E-state index is 5.68. The summed E-state index contributed by atoms with van der Waals surface area (Å²) in [5.74, 6) is 6.23. The molecule has 1 rings (SSSR count). The lowest BCUT2D eigenvalue weighted by Gasteiger charge is -2.25. The fourth-order valence-electron chi connectivity index (χ4n) is 2.26. The third-order valence-corrected chi connectivity index (χ3v) is 3.04. The molecule has 0 saturated carbocycles. The van der Waals surface area contributed by atoms with Crippen molar-refractivity contribution in [3.8, 4) is 0 Å². The third kappa shape index (κ3) is 3.02. The zero-order valence-corrected chi connectivity index (χ0v) is 10.5. The number of nitrogens with zero attached hydrogens (tertiary/aromatic N) is 3. The molecule has 1 unspecified atom stereocenters. The molecule has 92 valence electrons. The van der Waals surface area contributed by atoms with E-state index in [1.165, 1.54) is 25.7 Å². The predicted molar refractivity (Wildman–Crippen MR) is 64.4 cm³/mol. The summed E-state index contributed by atoms with van der Waals surface area (Å²) in [7, 11) is 1.90. The van der Waals surface area contributed by atoms with E-state index in [0.29, 0.717) is 5.92 Å².